The highest BCUT2D eigenvalue weighted by Gasteiger charge is 2.32. The van der Waals surface area contributed by atoms with Gasteiger partial charge in [-0.2, -0.15) is 0 Å². The number of amides is 1. The molecule has 0 radical (unpaired) electrons. The lowest BCUT2D eigenvalue weighted by Gasteiger charge is -2.35. The van der Waals surface area contributed by atoms with E-state index in [1.807, 2.05) is 13.8 Å². The summed E-state index contributed by atoms with van der Waals surface area (Å²) in [6.45, 7) is 3.85. The zero-order chi connectivity index (χ0) is 14.9. The normalized spacial score (nSPS) is 19.8. The van der Waals surface area contributed by atoms with E-state index in [1.54, 1.807) is 32.3 Å². The van der Waals surface area contributed by atoms with E-state index in [9.17, 15) is 9.90 Å². The van der Waals surface area contributed by atoms with Crippen molar-refractivity contribution < 1.29 is 19.4 Å². The third kappa shape index (κ3) is 3.22. The maximum Gasteiger partial charge on any atom is 0.259 e. The van der Waals surface area contributed by atoms with Crippen LogP contribution in [0.25, 0.3) is 0 Å². The fourth-order valence-electron chi connectivity index (χ4n) is 2.16. The number of carbonyl (C=O) groups excluding carboxylic acids is 1. The minimum atomic E-state index is -0.536. The first-order chi connectivity index (χ1) is 9.28. The molecule has 1 atom stereocenters. The largest absolute Gasteiger partial charge is 0.487 e. The van der Waals surface area contributed by atoms with E-state index in [-0.39, 0.29) is 12.5 Å². The van der Waals surface area contributed by atoms with Crippen LogP contribution in [0.15, 0.2) is 18.2 Å². The Labute approximate surface area is 119 Å². The molecule has 20 heavy (non-hydrogen) atoms. The topological polar surface area (TPSA) is 59.0 Å². The Kier molecular flexibility index (Phi) is 3.90. The van der Waals surface area contributed by atoms with Gasteiger partial charge in [0.25, 0.3) is 5.91 Å². The molecule has 1 amide bonds. The minimum Gasteiger partial charge on any atom is -0.487 e. The van der Waals surface area contributed by atoms with Crippen molar-refractivity contribution in [1.82, 2.24) is 4.90 Å². The van der Waals surface area contributed by atoms with Gasteiger partial charge in [-0.1, -0.05) is 0 Å². The van der Waals surface area contributed by atoms with Crippen molar-refractivity contribution >= 4 is 5.91 Å². The molecule has 1 unspecified atom stereocenters. The van der Waals surface area contributed by atoms with Gasteiger partial charge in [-0.25, -0.2) is 0 Å². The molecule has 5 nitrogen and oxygen atoms in total. The van der Waals surface area contributed by atoms with Crippen LogP contribution in [-0.4, -0.2) is 42.2 Å². The van der Waals surface area contributed by atoms with Gasteiger partial charge in [-0.15, -0.1) is 0 Å². The number of fused-ring (bicyclic) bond motifs is 1. The van der Waals surface area contributed by atoms with Crippen LogP contribution in [0.5, 0.6) is 11.5 Å². The van der Waals surface area contributed by atoms with Crippen molar-refractivity contribution in [2.45, 2.75) is 32.0 Å². The van der Waals surface area contributed by atoms with Gasteiger partial charge < -0.3 is 19.5 Å². The molecule has 0 spiro atoms. The van der Waals surface area contributed by atoms with E-state index in [1.165, 1.54) is 4.90 Å². The Morgan fingerprint density at radius 2 is 2.20 bits per heavy atom. The molecule has 1 aromatic carbocycles. The molecular formula is C15H21NO4. The molecule has 1 aliphatic rings. The molecule has 0 fully saturated rings. The summed E-state index contributed by atoms with van der Waals surface area (Å²) in [7, 11) is 3.36. The first kappa shape index (κ1) is 14.7. The van der Waals surface area contributed by atoms with Gasteiger partial charge in [0.2, 0.25) is 0 Å². The first-order valence-corrected chi connectivity index (χ1v) is 6.62. The number of nitrogens with zero attached hydrogens (tertiary/aromatic N) is 1. The fourth-order valence-corrected chi connectivity index (χ4v) is 2.16. The van der Waals surface area contributed by atoms with E-state index in [0.717, 1.165) is 5.56 Å². The fraction of sp³-hybridized carbons (Fsp3) is 0.533. The van der Waals surface area contributed by atoms with Crippen LogP contribution in [0.4, 0.5) is 0 Å². The molecule has 0 saturated carbocycles. The summed E-state index contributed by atoms with van der Waals surface area (Å²) in [5, 5.41) is 10.1. The van der Waals surface area contributed by atoms with E-state index in [4.69, 9.17) is 9.47 Å². The van der Waals surface area contributed by atoms with Crippen LogP contribution in [0.2, 0.25) is 0 Å². The summed E-state index contributed by atoms with van der Waals surface area (Å²) in [6.07, 6.45) is 0.0190. The van der Waals surface area contributed by atoms with Crippen molar-refractivity contribution in [2.75, 3.05) is 20.7 Å². The molecule has 2 rings (SSSR count). The average molecular weight is 279 g/mol. The molecule has 0 aromatic heterocycles. The van der Waals surface area contributed by atoms with Gasteiger partial charge in [0.1, 0.15) is 17.1 Å². The van der Waals surface area contributed by atoms with Crippen molar-refractivity contribution in [3.8, 4) is 11.5 Å². The predicted molar refractivity (Wildman–Crippen MR) is 74.9 cm³/mol. The van der Waals surface area contributed by atoms with Crippen LogP contribution in [0.3, 0.4) is 0 Å². The number of ether oxygens (including phenoxy) is 2. The summed E-state index contributed by atoms with van der Waals surface area (Å²) in [6, 6.07) is 5.25. The van der Waals surface area contributed by atoms with Crippen LogP contribution >= 0.6 is 0 Å². The standard InChI is InChI=1S/C15H21NO4/c1-15(2)8-12(17)11-6-5-10(7-13(11)20-15)19-9-14(18)16(3)4/h5-7,12,17H,8-9H2,1-4H3. The summed E-state index contributed by atoms with van der Waals surface area (Å²) in [5.74, 6) is 1.07. The summed E-state index contributed by atoms with van der Waals surface area (Å²) in [4.78, 5) is 13.0. The summed E-state index contributed by atoms with van der Waals surface area (Å²) in [5.41, 5.74) is 0.348. The Morgan fingerprint density at radius 1 is 1.50 bits per heavy atom. The predicted octanol–water partition coefficient (Wildman–Crippen LogP) is 1.75. The monoisotopic (exact) mass is 279 g/mol. The lowest BCUT2D eigenvalue weighted by molar-refractivity contribution is -0.130. The van der Waals surface area contributed by atoms with E-state index in [0.29, 0.717) is 17.9 Å². The summed E-state index contributed by atoms with van der Waals surface area (Å²) >= 11 is 0. The molecule has 5 heteroatoms. The number of hydrogen-bond donors (Lipinski definition) is 1. The maximum absolute atomic E-state index is 11.5. The highest BCUT2D eigenvalue weighted by molar-refractivity contribution is 5.77. The molecule has 0 saturated heterocycles. The summed E-state index contributed by atoms with van der Waals surface area (Å²) < 4.78 is 11.3. The van der Waals surface area contributed by atoms with Crippen molar-refractivity contribution in [1.29, 1.82) is 0 Å². The number of aliphatic hydroxyl groups excluding tert-OH is 1. The molecular weight excluding hydrogens is 258 g/mol. The molecule has 1 N–H and O–H groups in total. The molecule has 1 heterocycles. The molecule has 110 valence electrons. The van der Waals surface area contributed by atoms with Crippen LogP contribution in [0, 0.1) is 0 Å². The zero-order valence-corrected chi connectivity index (χ0v) is 12.3. The lowest BCUT2D eigenvalue weighted by atomic mass is 9.92. The molecule has 0 aliphatic carbocycles. The van der Waals surface area contributed by atoms with Gasteiger partial charge in [0, 0.05) is 32.1 Å². The van der Waals surface area contributed by atoms with Crippen molar-refractivity contribution in [2.24, 2.45) is 0 Å². The number of aliphatic hydroxyl groups is 1. The van der Waals surface area contributed by atoms with Crippen molar-refractivity contribution in [3.05, 3.63) is 23.8 Å². The Hall–Kier alpha value is -1.75. The number of benzene rings is 1. The number of rotatable bonds is 3. The highest BCUT2D eigenvalue weighted by atomic mass is 16.5. The second kappa shape index (κ2) is 5.32. The van der Waals surface area contributed by atoms with Gasteiger partial charge >= 0.3 is 0 Å². The molecule has 1 aliphatic heterocycles. The van der Waals surface area contributed by atoms with Crippen LogP contribution < -0.4 is 9.47 Å². The number of hydrogen-bond acceptors (Lipinski definition) is 4. The highest BCUT2D eigenvalue weighted by Crippen LogP contribution is 2.40. The smallest absolute Gasteiger partial charge is 0.259 e. The number of likely N-dealkylation sites (N-methyl/N-ethyl adjacent to an activating group) is 1. The van der Waals surface area contributed by atoms with E-state index < -0.39 is 11.7 Å². The quantitative estimate of drug-likeness (QED) is 0.915. The van der Waals surface area contributed by atoms with E-state index >= 15 is 0 Å². The zero-order valence-electron chi connectivity index (χ0n) is 12.3. The molecule has 0 bridgehead atoms. The SMILES string of the molecule is CN(C)C(=O)COc1ccc2c(c1)OC(C)(C)CC2O. The van der Waals surface area contributed by atoms with Crippen LogP contribution in [-0.2, 0) is 4.79 Å². The molecule has 1 aromatic rings. The Morgan fingerprint density at radius 3 is 2.85 bits per heavy atom. The van der Waals surface area contributed by atoms with E-state index in [2.05, 4.69) is 0 Å². The van der Waals surface area contributed by atoms with Gasteiger partial charge in [-0.05, 0) is 26.0 Å². The Balaban J connectivity index is 2.13. The van der Waals surface area contributed by atoms with Gasteiger partial charge in [0.05, 0.1) is 6.10 Å². The second-order valence-electron chi connectivity index (χ2n) is 5.86. The average Bonchev–Trinajstić information content (AvgIpc) is 2.33. The third-order valence-electron chi connectivity index (χ3n) is 3.28. The lowest BCUT2D eigenvalue weighted by Crippen LogP contribution is -2.34. The third-order valence-corrected chi connectivity index (χ3v) is 3.28. The van der Waals surface area contributed by atoms with Gasteiger partial charge in [0.15, 0.2) is 6.61 Å². The first-order valence-electron chi connectivity index (χ1n) is 6.62. The van der Waals surface area contributed by atoms with Crippen LogP contribution in [0.1, 0.15) is 31.9 Å². The van der Waals surface area contributed by atoms with Gasteiger partial charge in [-0.3, -0.25) is 4.79 Å². The van der Waals surface area contributed by atoms with Crippen molar-refractivity contribution in [3.63, 3.8) is 0 Å². The maximum atomic E-state index is 11.5. The number of carbonyl (C=O) groups is 1. The second-order valence-corrected chi connectivity index (χ2v) is 5.86. The minimum absolute atomic E-state index is 0.0161. The Bertz CT molecular complexity index is 511.